The highest BCUT2D eigenvalue weighted by Crippen LogP contribution is 2.27. The van der Waals surface area contributed by atoms with E-state index < -0.39 is 5.97 Å². The van der Waals surface area contributed by atoms with Gasteiger partial charge in [-0.25, -0.2) is 9.31 Å². The molecule has 0 bridgehead atoms. The SMILES string of the molecule is Cc1cc(C)c(-c2ccn3nc(N)nc3c2)cc1C(=O)O. The topological polar surface area (TPSA) is 93.5 Å². The fraction of sp³-hybridized carbons (Fsp3) is 0.133. The maximum Gasteiger partial charge on any atom is 0.335 e. The van der Waals surface area contributed by atoms with Crippen LogP contribution in [0.15, 0.2) is 30.5 Å². The highest BCUT2D eigenvalue weighted by atomic mass is 16.4. The van der Waals surface area contributed by atoms with Crippen molar-refractivity contribution in [1.82, 2.24) is 14.6 Å². The normalized spacial score (nSPS) is 11.0. The number of rotatable bonds is 2. The van der Waals surface area contributed by atoms with Crippen LogP contribution in [0, 0.1) is 13.8 Å². The molecule has 21 heavy (non-hydrogen) atoms. The molecule has 0 saturated carbocycles. The van der Waals surface area contributed by atoms with E-state index in [0.29, 0.717) is 11.2 Å². The second-order valence-electron chi connectivity index (χ2n) is 4.98. The van der Waals surface area contributed by atoms with Crippen LogP contribution >= 0.6 is 0 Å². The van der Waals surface area contributed by atoms with E-state index in [1.54, 1.807) is 23.7 Å². The van der Waals surface area contributed by atoms with E-state index in [-0.39, 0.29) is 5.95 Å². The smallest absolute Gasteiger partial charge is 0.335 e. The number of nitrogen functional groups attached to an aromatic ring is 1. The van der Waals surface area contributed by atoms with Crippen LogP contribution in [0.1, 0.15) is 21.5 Å². The van der Waals surface area contributed by atoms with Crippen LogP contribution < -0.4 is 5.73 Å². The largest absolute Gasteiger partial charge is 0.478 e. The Bertz CT molecular complexity index is 867. The Labute approximate surface area is 120 Å². The number of aromatic carboxylic acids is 1. The molecule has 0 amide bonds. The van der Waals surface area contributed by atoms with E-state index in [0.717, 1.165) is 22.3 Å². The molecule has 0 radical (unpaired) electrons. The predicted octanol–water partition coefficient (Wildman–Crippen LogP) is 2.29. The minimum atomic E-state index is -0.929. The lowest BCUT2D eigenvalue weighted by Crippen LogP contribution is -2.01. The number of anilines is 1. The molecule has 0 aliphatic heterocycles. The third-order valence-corrected chi connectivity index (χ3v) is 3.47. The highest BCUT2D eigenvalue weighted by molar-refractivity contribution is 5.91. The third-order valence-electron chi connectivity index (χ3n) is 3.47. The Morgan fingerprint density at radius 1 is 1.24 bits per heavy atom. The van der Waals surface area contributed by atoms with Gasteiger partial charge >= 0.3 is 5.97 Å². The number of fused-ring (bicyclic) bond motifs is 1. The number of pyridine rings is 1. The molecule has 0 fully saturated rings. The minimum absolute atomic E-state index is 0.207. The van der Waals surface area contributed by atoms with Crippen molar-refractivity contribution in [1.29, 1.82) is 0 Å². The van der Waals surface area contributed by atoms with E-state index in [2.05, 4.69) is 10.1 Å². The van der Waals surface area contributed by atoms with Crippen molar-refractivity contribution in [2.75, 3.05) is 5.73 Å². The summed E-state index contributed by atoms with van der Waals surface area (Å²) in [5.41, 5.74) is 10.0. The average molecular weight is 282 g/mol. The van der Waals surface area contributed by atoms with Crippen molar-refractivity contribution in [2.45, 2.75) is 13.8 Å². The first-order valence-corrected chi connectivity index (χ1v) is 6.42. The number of hydrogen-bond acceptors (Lipinski definition) is 4. The summed E-state index contributed by atoms with van der Waals surface area (Å²) in [5, 5.41) is 13.3. The van der Waals surface area contributed by atoms with Crippen molar-refractivity contribution in [3.05, 3.63) is 47.2 Å². The van der Waals surface area contributed by atoms with Gasteiger partial charge in [-0.2, -0.15) is 4.98 Å². The molecule has 0 saturated heterocycles. The van der Waals surface area contributed by atoms with E-state index >= 15 is 0 Å². The van der Waals surface area contributed by atoms with Gasteiger partial charge in [0.15, 0.2) is 5.65 Å². The monoisotopic (exact) mass is 282 g/mol. The molecule has 2 heterocycles. The predicted molar refractivity (Wildman–Crippen MR) is 79.3 cm³/mol. The molecule has 3 aromatic rings. The number of aryl methyl sites for hydroxylation is 2. The molecule has 3 rings (SSSR count). The van der Waals surface area contributed by atoms with Gasteiger partial charge in [-0.3, -0.25) is 0 Å². The summed E-state index contributed by atoms with van der Waals surface area (Å²) >= 11 is 0. The number of nitrogens with two attached hydrogens (primary N) is 1. The van der Waals surface area contributed by atoms with Crippen molar-refractivity contribution in [3.63, 3.8) is 0 Å². The lowest BCUT2D eigenvalue weighted by molar-refractivity contribution is 0.0696. The molecule has 6 heteroatoms. The number of carboxylic acid groups (broad SMARTS) is 1. The van der Waals surface area contributed by atoms with Gasteiger partial charge < -0.3 is 10.8 Å². The number of carboxylic acids is 1. The second-order valence-corrected chi connectivity index (χ2v) is 4.98. The van der Waals surface area contributed by atoms with Gasteiger partial charge in [-0.1, -0.05) is 6.07 Å². The molecule has 0 spiro atoms. The lowest BCUT2D eigenvalue weighted by Gasteiger charge is -2.10. The molecular formula is C15H14N4O2. The van der Waals surface area contributed by atoms with Gasteiger partial charge in [0.25, 0.3) is 0 Å². The van der Waals surface area contributed by atoms with Crippen molar-refractivity contribution in [2.24, 2.45) is 0 Å². The van der Waals surface area contributed by atoms with E-state index in [4.69, 9.17) is 5.73 Å². The summed E-state index contributed by atoms with van der Waals surface area (Å²) in [4.78, 5) is 15.4. The van der Waals surface area contributed by atoms with Crippen LogP contribution in [0.4, 0.5) is 5.95 Å². The number of hydrogen-bond donors (Lipinski definition) is 2. The Kier molecular flexibility index (Phi) is 2.86. The van der Waals surface area contributed by atoms with Gasteiger partial charge in [0.2, 0.25) is 5.95 Å². The molecular weight excluding hydrogens is 268 g/mol. The number of nitrogens with zero attached hydrogens (tertiary/aromatic N) is 3. The molecule has 0 aliphatic rings. The molecule has 0 unspecified atom stereocenters. The van der Waals surface area contributed by atoms with Crippen LogP contribution in [-0.4, -0.2) is 25.7 Å². The van der Waals surface area contributed by atoms with E-state index in [1.807, 2.05) is 25.1 Å². The minimum Gasteiger partial charge on any atom is -0.478 e. The van der Waals surface area contributed by atoms with Gasteiger partial charge in [0.1, 0.15) is 0 Å². The maximum absolute atomic E-state index is 11.3. The standard InChI is InChI=1S/C15H14N4O2/c1-8-5-9(2)12(14(20)21)7-11(8)10-3-4-19-13(6-10)17-15(16)18-19/h3-7H,1-2H3,(H2,16,18)(H,20,21). The van der Waals surface area contributed by atoms with Gasteiger partial charge in [-0.15, -0.1) is 5.10 Å². The molecule has 106 valence electrons. The first-order valence-electron chi connectivity index (χ1n) is 6.42. The van der Waals surface area contributed by atoms with Crippen molar-refractivity contribution >= 4 is 17.6 Å². The average Bonchev–Trinajstić information content (AvgIpc) is 2.77. The summed E-state index contributed by atoms with van der Waals surface area (Å²) in [6.07, 6.45) is 1.76. The van der Waals surface area contributed by atoms with Gasteiger partial charge in [0.05, 0.1) is 5.56 Å². The summed E-state index contributed by atoms with van der Waals surface area (Å²) in [6.45, 7) is 3.75. The maximum atomic E-state index is 11.3. The Morgan fingerprint density at radius 3 is 2.71 bits per heavy atom. The quantitative estimate of drug-likeness (QED) is 0.752. The number of carbonyl (C=O) groups is 1. The fourth-order valence-corrected chi connectivity index (χ4v) is 2.46. The summed E-state index contributed by atoms with van der Waals surface area (Å²) in [7, 11) is 0. The molecule has 6 nitrogen and oxygen atoms in total. The Hall–Kier alpha value is -2.89. The van der Waals surface area contributed by atoms with Crippen LogP contribution in [0.3, 0.4) is 0 Å². The molecule has 3 N–H and O–H groups in total. The first-order chi connectivity index (χ1) is 9.95. The van der Waals surface area contributed by atoms with Crippen LogP contribution in [0.5, 0.6) is 0 Å². The van der Waals surface area contributed by atoms with Crippen molar-refractivity contribution in [3.8, 4) is 11.1 Å². The second kappa shape index (κ2) is 4.59. The third kappa shape index (κ3) is 2.20. The molecule has 1 aromatic carbocycles. The van der Waals surface area contributed by atoms with E-state index in [1.165, 1.54) is 0 Å². The summed E-state index contributed by atoms with van der Waals surface area (Å²) in [5.74, 6) is -0.722. The Balaban J connectivity index is 2.21. The number of aromatic nitrogens is 3. The molecule has 0 atom stereocenters. The zero-order valence-electron chi connectivity index (χ0n) is 11.7. The first kappa shape index (κ1) is 13.1. The van der Waals surface area contributed by atoms with Gasteiger partial charge in [-0.05, 0) is 54.3 Å². The zero-order valence-corrected chi connectivity index (χ0v) is 11.7. The van der Waals surface area contributed by atoms with Crippen LogP contribution in [0.2, 0.25) is 0 Å². The zero-order chi connectivity index (χ0) is 15.1. The molecule has 0 aliphatic carbocycles. The van der Waals surface area contributed by atoms with Crippen LogP contribution in [-0.2, 0) is 0 Å². The fourth-order valence-electron chi connectivity index (χ4n) is 2.46. The van der Waals surface area contributed by atoms with E-state index in [9.17, 15) is 9.90 Å². The van der Waals surface area contributed by atoms with Gasteiger partial charge in [0, 0.05) is 6.20 Å². The van der Waals surface area contributed by atoms with Crippen LogP contribution in [0.25, 0.3) is 16.8 Å². The summed E-state index contributed by atoms with van der Waals surface area (Å²) < 4.78 is 1.58. The highest BCUT2D eigenvalue weighted by Gasteiger charge is 2.12. The summed E-state index contributed by atoms with van der Waals surface area (Å²) in [6, 6.07) is 7.27. The van der Waals surface area contributed by atoms with Crippen molar-refractivity contribution < 1.29 is 9.90 Å². The lowest BCUT2D eigenvalue weighted by atomic mass is 9.95. The number of benzene rings is 1. The Morgan fingerprint density at radius 2 is 2.00 bits per heavy atom. The molecule has 2 aromatic heterocycles.